The molecule has 0 spiro atoms. The van der Waals surface area contributed by atoms with E-state index in [0.29, 0.717) is 10.4 Å². The minimum absolute atomic E-state index is 0.0402. The molecule has 4 rings (SSSR count). The first kappa shape index (κ1) is 15.1. The molecular weight excluding hydrogens is 322 g/mol. The van der Waals surface area contributed by atoms with E-state index < -0.39 is 0 Å². The second-order valence-electron chi connectivity index (χ2n) is 5.97. The number of nitrogens with zero attached hydrogens (tertiary/aromatic N) is 1. The molecule has 2 N–H and O–H groups in total. The average molecular weight is 339 g/mol. The zero-order chi connectivity index (χ0) is 16.7. The van der Waals surface area contributed by atoms with Crippen LogP contribution >= 0.6 is 11.6 Å². The fourth-order valence-electron chi connectivity index (χ4n) is 3.16. The van der Waals surface area contributed by atoms with Gasteiger partial charge in [0.2, 0.25) is 0 Å². The Morgan fingerprint density at radius 3 is 2.83 bits per heavy atom. The predicted octanol–water partition coefficient (Wildman–Crippen LogP) is 2.97. The van der Waals surface area contributed by atoms with Gasteiger partial charge >= 0.3 is 5.56 Å². The standard InChI is InChI=1S/C19H16ClN3O/c1-12-5-2-6-13(11-12)23-18(16-9-4-10-21-16)22-15-8-3-7-14(20)17(15)19(23)24/h2-9,11,16,21H,10H2,1H3/p+1/t16-/m0/s1. The summed E-state index contributed by atoms with van der Waals surface area (Å²) in [6.07, 6.45) is 4.12. The first-order valence-electron chi connectivity index (χ1n) is 7.89. The number of hydrogen-bond acceptors (Lipinski definition) is 2. The number of benzene rings is 2. The van der Waals surface area contributed by atoms with Gasteiger partial charge in [0, 0.05) is 6.54 Å². The summed E-state index contributed by atoms with van der Waals surface area (Å²) < 4.78 is 1.72. The number of nitrogens with one attached hydrogen (secondary N) is 2. The third-order valence-electron chi connectivity index (χ3n) is 4.27. The van der Waals surface area contributed by atoms with E-state index in [1.54, 1.807) is 10.6 Å². The Morgan fingerprint density at radius 2 is 2.08 bits per heavy atom. The Balaban J connectivity index is 2.10. The fourth-order valence-corrected chi connectivity index (χ4v) is 3.41. The van der Waals surface area contributed by atoms with E-state index in [9.17, 15) is 4.79 Å². The third kappa shape index (κ3) is 2.44. The molecule has 2 heterocycles. The minimum Gasteiger partial charge on any atom is -0.297 e. The monoisotopic (exact) mass is 338 g/mol. The lowest BCUT2D eigenvalue weighted by Crippen LogP contribution is -2.36. The van der Waals surface area contributed by atoms with Crippen molar-refractivity contribution in [1.29, 1.82) is 0 Å². The molecule has 0 unspecified atom stereocenters. The molecule has 4 nitrogen and oxygen atoms in total. The van der Waals surface area contributed by atoms with Crippen molar-refractivity contribution >= 4 is 22.5 Å². The van der Waals surface area contributed by atoms with E-state index in [-0.39, 0.29) is 11.6 Å². The largest absolute Gasteiger partial charge is 0.351 e. The van der Waals surface area contributed by atoms with Gasteiger partial charge in [-0.25, -0.2) is 9.78 Å². The van der Waals surface area contributed by atoms with Crippen molar-refractivity contribution in [3.05, 3.63) is 81.4 Å². The van der Waals surface area contributed by atoms with Gasteiger partial charge in [0.1, 0.15) is 22.6 Å². The van der Waals surface area contributed by atoms with Crippen molar-refractivity contribution < 1.29 is 4.98 Å². The quantitative estimate of drug-likeness (QED) is 0.730. The minimum atomic E-state index is -0.114. The lowest BCUT2D eigenvalue weighted by Gasteiger charge is -2.12. The number of hydrogen-bond donors (Lipinski definition) is 1. The number of H-pyrrole nitrogens is 1. The van der Waals surface area contributed by atoms with Crippen molar-refractivity contribution in [2.75, 3.05) is 6.54 Å². The maximum Gasteiger partial charge on any atom is 0.351 e. The summed E-state index contributed by atoms with van der Waals surface area (Å²) in [6.45, 7) is 2.80. The summed E-state index contributed by atoms with van der Waals surface area (Å²) in [5, 5.41) is 4.33. The van der Waals surface area contributed by atoms with Crippen molar-refractivity contribution in [3.63, 3.8) is 0 Å². The van der Waals surface area contributed by atoms with Crippen LogP contribution in [-0.4, -0.2) is 11.1 Å². The van der Waals surface area contributed by atoms with Crippen molar-refractivity contribution in [3.8, 4) is 5.69 Å². The molecule has 1 atom stereocenters. The van der Waals surface area contributed by atoms with Gasteiger partial charge in [0.25, 0.3) is 5.82 Å². The summed E-state index contributed by atoms with van der Waals surface area (Å²) in [5.41, 5.74) is 2.56. The molecule has 24 heavy (non-hydrogen) atoms. The summed E-state index contributed by atoms with van der Waals surface area (Å²) in [7, 11) is 0. The molecule has 1 aliphatic heterocycles. The third-order valence-corrected chi connectivity index (χ3v) is 4.59. The Morgan fingerprint density at radius 1 is 1.25 bits per heavy atom. The van der Waals surface area contributed by atoms with E-state index in [2.05, 4.69) is 22.5 Å². The smallest absolute Gasteiger partial charge is 0.297 e. The van der Waals surface area contributed by atoms with E-state index in [1.807, 2.05) is 43.3 Å². The Bertz CT molecular complexity index is 1020. The predicted molar refractivity (Wildman–Crippen MR) is 95.7 cm³/mol. The van der Waals surface area contributed by atoms with Gasteiger partial charge in [0.05, 0.1) is 5.02 Å². The maximum atomic E-state index is 13.2. The molecule has 1 aromatic heterocycles. The van der Waals surface area contributed by atoms with Crippen molar-refractivity contribution in [2.45, 2.75) is 13.0 Å². The highest BCUT2D eigenvalue weighted by Crippen LogP contribution is 2.22. The molecule has 0 fully saturated rings. The van der Waals surface area contributed by atoms with Gasteiger partial charge in [-0.2, -0.15) is 4.57 Å². The zero-order valence-corrected chi connectivity index (χ0v) is 14.0. The molecule has 0 aliphatic carbocycles. The van der Waals surface area contributed by atoms with Gasteiger partial charge in [-0.05, 0) is 36.8 Å². The topological polar surface area (TPSA) is 48.2 Å². The summed E-state index contributed by atoms with van der Waals surface area (Å²) in [6, 6.07) is 13.3. The summed E-state index contributed by atoms with van der Waals surface area (Å²) >= 11 is 6.30. The number of aryl methyl sites for hydroxylation is 1. The van der Waals surface area contributed by atoms with Crippen LogP contribution in [0.4, 0.5) is 0 Å². The lowest BCUT2D eigenvalue weighted by molar-refractivity contribution is -0.368. The van der Waals surface area contributed by atoms with Crippen LogP contribution in [-0.2, 0) is 0 Å². The van der Waals surface area contributed by atoms with Crippen LogP contribution in [0.2, 0.25) is 5.02 Å². The van der Waals surface area contributed by atoms with E-state index >= 15 is 0 Å². The van der Waals surface area contributed by atoms with E-state index in [1.165, 1.54) is 0 Å². The van der Waals surface area contributed by atoms with Crippen LogP contribution in [0.15, 0.2) is 59.4 Å². The fraction of sp³-hybridized carbons (Fsp3) is 0.158. The molecule has 0 saturated heterocycles. The van der Waals surface area contributed by atoms with Crippen molar-refractivity contribution in [1.82, 2.24) is 9.88 Å². The first-order chi connectivity index (χ1) is 11.6. The molecule has 0 amide bonds. The highest BCUT2D eigenvalue weighted by atomic mass is 35.5. The SMILES string of the molecule is Cc1cccc(-n2c([C@@H]3C=CCN3)[nH+]c3cccc(Cl)c3c2=O)c1. The number of aromatic amines is 1. The van der Waals surface area contributed by atoms with Crippen molar-refractivity contribution in [2.24, 2.45) is 0 Å². The first-order valence-corrected chi connectivity index (χ1v) is 8.26. The Kier molecular flexibility index (Phi) is 3.71. The van der Waals surface area contributed by atoms with E-state index in [0.717, 1.165) is 29.1 Å². The van der Waals surface area contributed by atoms with Crippen LogP contribution < -0.4 is 15.9 Å². The van der Waals surface area contributed by atoms with Gasteiger partial charge in [-0.1, -0.05) is 42.0 Å². The van der Waals surface area contributed by atoms with Gasteiger partial charge in [0.15, 0.2) is 0 Å². The highest BCUT2D eigenvalue weighted by Gasteiger charge is 2.28. The second kappa shape index (κ2) is 5.89. The van der Waals surface area contributed by atoms with Crippen LogP contribution in [0, 0.1) is 6.92 Å². The molecule has 0 saturated carbocycles. The van der Waals surface area contributed by atoms with Crippen LogP contribution in [0.1, 0.15) is 17.4 Å². The Hall–Kier alpha value is -2.43. The Labute approximate surface area is 144 Å². The molecular formula is C19H17ClN3O+. The van der Waals surface area contributed by atoms with Gasteiger partial charge < -0.3 is 0 Å². The summed E-state index contributed by atoms with van der Waals surface area (Å²) in [4.78, 5) is 16.6. The lowest BCUT2D eigenvalue weighted by atomic mass is 10.1. The molecule has 5 heteroatoms. The molecule has 2 aromatic carbocycles. The van der Waals surface area contributed by atoms with E-state index in [4.69, 9.17) is 11.6 Å². The zero-order valence-electron chi connectivity index (χ0n) is 13.2. The number of halogens is 1. The van der Waals surface area contributed by atoms with Crippen LogP contribution in [0.25, 0.3) is 16.6 Å². The van der Waals surface area contributed by atoms with Crippen LogP contribution in [0.5, 0.6) is 0 Å². The summed E-state index contributed by atoms with van der Waals surface area (Å²) in [5.74, 6) is 0.800. The number of fused-ring (bicyclic) bond motifs is 1. The average Bonchev–Trinajstić information content (AvgIpc) is 3.09. The molecule has 120 valence electrons. The van der Waals surface area contributed by atoms with Gasteiger partial charge in [-0.15, -0.1) is 0 Å². The molecule has 1 aliphatic rings. The molecule has 3 aromatic rings. The molecule has 0 radical (unpaired) electrons. The normalized spacial score (nSPS) is 16.8. The molecule has 0 bridgehead atoms. The van der Waals surface area contributed by atoms with Crippen LogP contribution in [0.3, 0.4) is 0 Å². The maximum absolute atomic E-state index is 13.2. The van der Waals surface area contributed by atoms with Gasteiger partial charge in [-0.3, -0.25) is 5.32 Å². The number of rotatable bonds is 2. The second-order valence-corrected chi connectivity index (χ2v) is 6.37. The highest BCUT2D eigenvalue weighted by molar-refractivity contribution is 6.35. The number of aromatic nitrogens is 2.